The molecule has 0 aliphatic carbocycles. The molecule has 0 aliphatic heterocycles. The highest BCUT2D eigenvalue weighted by molar-refractivity contribution is 5.76. The van der Waals surface area contributed by atoms with Crippen LogP contribution >= 0.6 is 0 Å². The molecule has 1 rings (SSSR count). The van der Waals surface area contributed by atoms with Gasteiger partial charge in [-0.1, -0.05) is 30.3 Å². The maximum absolute atomic E-state index is 11.4. The fourth-order valence-electron chi connectivity index (χ4n) is 1.77. The van der Waals surface area contributed by atoms with Gasteiger partial charge in [-0.15, -0.1) is 0 Å². The first kappa shape index (κ1) is 18.5. The summed E-state index contributed by atoms with van der Waals surface area (Å²) in [4.78, 5) is 33.2. The Morgan fingerprint density at radius 1 is 0.957 bits per heavy atom. The topological polar surface area (TPSA) is 105 Å². The lowest BCUT2D eigenvalue weighted by Crippen LogP contribution is -2.28. The summed E-state index contributed by atoms with van der Waals surface area (Å²) in [6, 6.07) is 9.34. The predicted octanol–water partition coefficient (Wildman–Crippen LogP) is 1.67. The fourth-order valence-corrected chi connectivity index (χ4v) is 1.77. The van der Waals surface area contributed by atoms with Gasteiger partial charge in [0.15, 0.2) is 0 Å². The molecule has 0 aliphatic rings. The Morgan fingerprint density at radius 2 is 1.61 bits per heavy atom. The Kier molecular flexibility index (Phi) is 8.88. The van der Waals surface area contributed by atoms with E-state index in [1.54, 1.807) is 0 Å². The maximum atomic E-state index is 11.4. The number of ether oxygens (including phenoxy) is 1. The van der Waals surface area contributed by atoms with Crippen molar-refractivity contribution in [3.05, 3.63) is 35.9 Å². The van der Waals surface area contributed by atoms with Gasteiger partial charge in [0, 0.05) is 25.9 Å². The molecule has 0 fully saturated rings. The molecule has 0 saturated carbocycles. The number of benzene rings is 1. The first-order valence-corrected chi connectivity index (χ1v) is 7.51. The average Bonchev–Trinajstić information content (AvgIpc) is 2.54. The molecule has 0 radical (unpaired) electrons. The van der Waals surface area contributed by atoms with Crippen LogP contribution < -0.4 is 10.6 Å². The Balaban J connectivity index is 2.00. The minimum Gasteiger partial charge on any atom is -0.481 e. The van der Waals surface area contributed by atoms with Crippen LogP contribution in [0.5, 0.6) is 0 Å². The van der Waals surface area contributed by atoms with Crippen molar-refractivity contribution in [2.24, 2.45) is 0 Å². The van der Waals surface area contributed by atoms with Crippen LogP contribution in [0, 0.1) is 0 Å². The quantitative estimate of drug-likeness (QED) is 0.568. The molecule has 126 valence electrons. The number of rotatable bonds is 10. The monoisotopic (exact) mass is 322 g/mol. The summed E-state index contributed by atoms with van der Waals surface area (Å²) in [5.41, 5.74) is 0.906. The van der Waals surface area contributed by atoms with Crippen molar-refractivity contribution in [3.63, 3.8) is 0 Å². The summed E-state index contributed by atoms with van der Waals surface area (Å²) in [6.07, 6.45) is 0.688. The van der Waals surface area contributed by atoms with Crippen LogP contribution in [0.3, 0.4) is 0 Å². The number of hydrogen-bond donors (Lipinski definition) is 3. The van der Waals surface area contributed by atoms with E-state index in [1.807, 2.05) is 30.3 Å². The van der Waals surface area contributed by atoms with E-state index in [1.165, 1.54) is 0 Å². The van der Waals surface area contributed by atoms with Gasteiger partial charge in [0.1, 0.15) is 6.61 Å². The third-order valence-corrected chi connectivity index (χ3v) is 2.95. The molecule has 0 bridgehead atoms. The van der Waals surface area contributed by atoms with Crippen LogP contribution in [0.25, 0.3) is 0 Å². The number of nitrogens with one attached hydrogen (secondary N) is 2. The molecule has 0 saturated heterocycles. The number of carbonyl (C=O) groups excluding carboxylic acids is 2. The van der Waals surface area contributed by atoms with Crippen LogP contribution in [-0.4, -0.2) is 36.2 Å². The van der Waals surface area contributed by atoms with Gasteiger partial charge in [0.25, 0.3) is 0 Å². The van der Waals surface area contributed by atoms with Gasteiger partial charge in [-0.05, 0) is 18.4 Å². The van der Waals surface area contributed by atoms with Crippen molar-refractivity contribution in [3.8, 4) is 0 Å². The second-order valence-electron chi connectivity index (χ2n) is 4.94. The van der Waals surface area contributed by atoms with E-state index in [-0.39, 0.29) is 25.4 Å². The molecular weight excluding hydrogens is 300 g/mol. The lowest BCUT2D eigenvalue weighted by atomic mass is 10.2. The van der Waals surface area contributed by atoms with Crippen molar-refractivity contribution in [1.29, 1.82) is 0 Å². The minimum absolute atomic E-state index is 0.0368. The van der Waals surface area contributed by atoms with Gasteiger partial charge in [-0.25, -0.2) is 4.79 Å². The van der Waals surface area contributed by atoms with E-state index in [0.717, 1.165) is 5.56 Å². The Bertz CT molecular complexity index is 504. The third-order valence-electron chi connectivity index (χ3n) is 2.95. The third kappa shape index (κ3) is 9.89. The molecule has 1 aromatic rings. The van der Waals surface area contributed by atoms with Gasteiger partial charge in [0.05, 0.1) is 0 Å². The molecule has 23 heavy (non-hydrogen) atoms. The zero-order valence-corrected chi connectivity index (χ0v) is 12.9. The molecule has 7 heteroatoms. The van der Waals surface area contributed by atoms with Crippen LogP contribution in [-0.2, 0) is 20.9 Å². The zero-order chi connectivity index (χ0) is 16.9. The molecule has 7 nitrogen and oxygen atoms in total. The number of carboxylic acid groups (broad SMARTS) is 1. The van der Waals surface area contributed by atoms with E-state index in [0.29, 0.717) is 25.9 Å². The highest BCUT2D eigenvalue weighted by Crippen LogP contribution is 2.00. The molecule has 1 aromatic carbocycles. The van der Waals surface area contributed by atoms with Crippen molar-refractivity contribution in [2.45, 2.75) is 32.3 Å². The van der Waals surface area contributed by atoms with E-state index in [4.69, 9.17) is 9.84 Å². The number of carboxylic acids is 1. The lowest BCUT2D eigenvalue weighted by Gasteiger charge is -2.07. The Morgan fingerprint density at radius 3 is 2.30 bits per heavy atom. The van der Waals surface area contributed by atoms with Crippen molar-refractivity contribution >= 4 is 18.0 Å². The van der Waals surface area contributed by atoms with Crippen molar-refractivity contribution in [1.82, 2.24) is 10.6 Å². The number of aliphatic carboxylic acids is 1. The molecule has 0 aromatic heterocycles. The average molecular weight is 322 g/mol. The van der Waals surface area contributed by atoms with Gasteiger partial charge >= 0.3 is 12.1 Å². The normalized spacial score (nSPS) is 9.91. The molecule has 2 amide bonds. The molecule has 3 N–H and O–H groups in total. The fraction of sp³-hybridized carbons (Fsp3) is 0.438. The van der Waals surface area contributed by atoms with Crippen LogP contribution in [0.15, 0.2) is 30.3 Å². The van der Waals surface area contributed by atoms with E-state index < -0.39 is 12.1 Å². The predicted molar refractivity (Wildman–Crippen MR) is 83.7 cm³/mol. The standard InChI is InChI=1S/C16H22N2O5/c19-14(17-10-5-9-15(20)21)8-4-11-18-16(22)23-12-13-6-2-1-3-7-13/h1-3,6-7H,4-5,8-12H2,(H,17,19)(H,18,22)(H,20,21). The molecule has 0 atom stereocenters. The SMILES string of the molecule is O=C(O)CCCNC(=O)CCCNC(=O)OCc1ccccc1. The first-order chi connectivity index (χ1) is 11.1. The van der Waals surface area contributed by atoms with E-state index in [2.05, 4.69) is 10.6 Å². The summed E-state index contributed by atoms with van der Waals surface area (Å²) in [7, 11) is 0. The number of hydrogen-bond acceptors (Lipinski definition) is 4. The van der Waals surface area contributed by atoms with Gasteiger partial charge in [-0.3, -0.25) is 9.59 Å². The highest BCUT2D eigenvalue weighted by Gasteiger charge is 2.04. The van der Waals surface area contributed by atoms with Gasteiger partial charge in [0.2, 0.25) is 5.91 Å². The van der Waals surface area contributed by atoms with Crippen molar-refractivity contribution < 1.29 is 24.2 Å². The number of alkyl carbamates (subject to hydrolysis) is 1. The van der Waals surface area contributed by atoms with E-state index in [9.17, 15) is 14.4 Å². The van der Waals surface area contributed by atoms with E-state index >= 15 is 0 Å². The summed E-state index contributed by atoms with van der Waals surface area (Å²) in [5.74, 6) is -1.03. The highest BCUT2D eigenvalue weighted by atomic mass is 16.5. The largest absolute Gasteiger partial charge is 0.481 e. The van der Waals surface area contributed by atoms with Crippen LogP contribution in [0.1, 0.15) is 31.2 Å². The summed E-state index contributed by atoms with van der Waals surface area (Å²) in [5, 5.41) is 13.7. The number of carbonyl (C=O) groups is 3. The second-order valence-corrected chi connectivity index (χ2v) is 4.94. The van der Waals surface area contributed by atoms with Crippen LogP contribution in [0.2, 0.25) is 0 Å². The molecule has 0 heterocycles. The Labute approximate surface area is 135 Å². The Hall–Kier alpha value is -2.57. The molecule has 0 unspecified atom stereocenters. The number of amides is 2. The zero-order valence-electron chi connectivity index (χ0n) is 12.9. The molecular formula is C16H22N2O5. The first-order valence-electron chi connectivity index (χ1n) is 7.51. The van der Waals surface area contributed by atoms with Crippen LogP contribution in [0.4, 0.5) is 4.79 Å². The van der Waals surface area contributed by atoms with Gasteiger partial charge in [-0.2, -0.15) is 0 Å². The second kappa shape index (κ2) is 11.1. The summed E-state index contributed by atoms with van der Waals surface area (Å²) >= 11 is 0. The summed E-state index contributed by atoms with van der Waals surface area (Å²) in [6.45, 7) is 0.893. The van der Waals surface area contributed by atoms with Gasteiger partial charge < -0.3 is 20.5 Å². The minimum atomic E-state index is -0.877. The summed E-state index contributed by atoms with van der Waals surface area (Å²) < 4.78 is 5.03. The maximum Gasteiger partial charge on any atom is 0.407 e. The van der Waals surface area contributed by atoms with Crippen molar-refractivity contribution in [2.75, 3.05) is 13.1 Å². The smallest absolute Gasteiger partial charge is 0.407 e. The molecule has 0 spiro atoms. The lowest BCUT2D eigenvalue weighted by molar-refractivity contribution is -0.137.